The monoisotopic (exact) mass is 272 g/mol. The van der Waals surface area contributed by atoms with Crippen LogP contribution in [0.15, 0.2) is 46.7 Å². The number of methoxy groups -OCH3 is 1. The molecule has 6 heteroatoms. The van der Waals surface area contributed by atoms with Crippen LogP contribution in [0.4, 0.5) is 5.69 Å². The van der Waals surface area contributed by atoms with E-state index in [2.05, 4.69) is 27.1 Å². The van der Waals surface area contributed by atoms with Gasteiger partial charge in [-0.1, -0.05) is 18.2 Å². The first-order valence-corrected chi connectivity index (χ1v) is 6.49. The van der Waals surface area contributed by atoms with Gasteiger partial charge in [0.25, 0.3) is 0 Å². The molecule has 0 aliphatic heterocycles. The standard InChI is InChI=1S/C13H12N4OS/c1-18-12-11(14)13(16-7-15-12)19-10-6-8-4-2-3-5-9(8)17-10/h2-7,17H,14H2,1H3. The smallest absolute Gasteiger partial charge is 0.241 e. The molecule has 96 valence electrons. The van der Waals surface area contributed by atoms with Gasteiger partial charge in [-0.15, -0.1) is 0 Å². The summed E-state index contributed by atoms with van der Waals surface area (Å²) >= 11 is 1.46. The van der Waals surface area contributed by atoms with Gasteiger partial charge in [0.05, 0.1) is 12.1 Å². The highest BCUT2D eigenvalue weighted by atomic mass is 32.2. The molecule has 3 rings (SSSR count). The molecule has 0 spiro atoms. The molecule has 0 aliphatic rings. The Hall–Kier alpha value is -2.21. The summed E-state index contributed by atoms with van der Waals surface area (Å²) in [4.78, 5) is 11.5. The normalized spacial score (nSPS) is 10.8. The minimum absolute atomic E-state index is 0.397. The average molecular weight is 272 g/mol. The van der Waals surface area contributed by atoms with Crippen LogP contribution in [0.5, 0.6) is 5.88 Å². The number of benzene rings is 1. The molecular weight excluding hydrogens is 260 g/mol. The average Bonchev–Trinajstić information content (AvgIpc) is 2.83. The summed E-state index contributed by atoms with van der Waals surface area (Å²) in [5, 5.41) is 2.82. The number of anilines is 1. The molecule has 2 heterocycles. The van der Waals surface area contributed by atoms with Crippen molar-refractivity contribution in [3.8, 4) is 5.88 Å². The van der Waals surface area contributed by atoms with Gasteiger partial charge in [-0.05, 0) is 23.9 Å². The maximum Gasteiger partial charge on any atom is 0.241 e. The predicted octanol–water partition coefficient (Wildman–Crippen LogP) is 2.70. The SMILES string of the molecule is COc1ncnc(Sc2cc3ccccc3[nH]2)c1N. The van der Waals surface area contributed by atoms with Crippen molar-refractivity contribution in [3.05, 3.63) is 36.7 Å². The zero-order valence-electron chi connectivity index (χ0n) is 10.3. The molecule has 0 atom stereocenters. The van der Waals surface area contributed by atoms with Gasteiger partial charge >= 0.3 is 0 Å². The van der Waals surface area contributed by atoms with E-state index in [4.69, 9.17) is 10.5 Å². The third kappa shape index (κ3) is 2.22. The Labute approximate surface area is 114 Å². The maximum atomic E-state index is 5.95. The quantitative estimate of drug-likeness (QED) is 0.717. The fourth-order valence-corrected chi connectivity index (χ4v) is 2.67. The Bertz CT molecular complexity index is 692. The molecule has 0 aliphatic carbocycles. The molecule has 0 radical (unpaired) electrons. The van der Waals surface area contributed by atoms with E-state index in [1.807, 2.05) is 18.2 Å². The Morgan fingerprint density at radius 1 is 1.26 bits per heavy atom. The number of hydrogen-bond donors (Lipinski definition) is 2. The molecule has 0 fully saturated rings. The van der Waals surface area contributed by atoms with Crippen LogP contribution in [0.1, 0.15) is 0 Å². The third-order valence-electron chi connectivity index (χ3n) is 2.72. The first kappa shape index (κ1) is 11.9. The fourth-order valence-electron chi connectivity index (χ4n) is 1.81. The van der Waals surface area contributed by atoms with Gasteiger partial charge in [0, 0.05) is 10.9 Å². The largest absolute Gasteiger partial charge is 0.479 e. The Balaban J connectivity index is 1.96. The van der Waals surface area contributed by atoms with E-state index >= 15 is 0 Å². The molecule has 1 aromatic carbocycles. The lowest BCUT2D eigenvalue weighted by Crippen LogP contribution is -1.99. The number of nitrogens with one attached hydrogen (secondary N) is 1. The summed E-state index contributed by atoms with van der Waals surface area (Å²) in [6.45, 7) is 0. The van der Waals surface area contributed by atoms with Gasteiger partial charge < -0.3 is 15.5 Å². The molecule has 0 unspecified atom stereocenters. The second kappa shape index (κ2) is 4.81. The first-order chi connectivity index (χ1) is 9.28. The number of fused-ring (bicyclic) bond motifs is 1. The molecule has 19 heavy (non-hydrogen) atoms. The van der Waals surface area contributed by atoms with Crippen LogP contribution < -0.4 is 10.5 Å². The van der Waals surface area contributed by atoms with Crippen molar-refractivity contribution in [2.45, 2.75) is 10.1 Å². The number of ether oxygens (including phenoxy) is 1. The lowest BCUT2D eigenvalue weighted by Gasteiger charge is -2.05. The van der Waals surface area contributed by atoms with Crippen molar-refractivity contribution in [1.82, 2.24) is 15.0 Å². The molecule has 2 aromatic heterocycles. The highest BCUT2D eigenvalue weighted by Crippen LogP contribution is 2.34. The van der Waals surface area contributed by atoms with E-state index in [1.165, 1.54) is 25.2 Å². The van der Waals surface area contributed by atoms with Crippen LogP contribution in [0.25, 0.3) is 10.9 Å². The molecule has 3 aromatic rings. The number of H-pyrrole nitrogens is 1. The minimum atomic E-state index is 0.397. The zero-order valence-corrected chi connectivity index (χ0v) is 11.1. The minimum Gasteiger partial charge on any atom is -0.479 e. The summed E-state index contributed by atoms with van der Waals surface area (Å²) < 4.78 is 5.08. The number of hydrogen-bond acceptors (Lipinski definition) is 5. The van der Waals surface area contributed by atoms with E-state index in [1.54, 1.807) is 0 Å². The molecule has 5 nitrogen and oxygen atoms in total. The number of rotatable bonds is 3. The fraction of sp³-hybridized carbons (Fsp3) is 0.0769. The second-order valence-corrected chi connectivity index (χ2v) is 4.96. The van der Waals surface area contributed by atoms with Crippen LogP contribution in [0.3, 0.4) is 0 Å². The number of nitrogen functional groups attached to an aromatic ring is 1. The topological polar surface area (TPSA) is 76.8 Å². The number of aromatic amines is 1. The van der Waals surface area contributed by atoms with Gasteiger partial charge in [0.2, 0.25) is 5.88 Å². The molecule has 3 N–H and O–H groups in total. The van der Waals surface area contributed by atoms with Crippen molar-refractivity contribution in [2.75, 3.05) is 12.8 Å². The molecule has 0 bridgehead atoms. The number of aromatic nitrogens is 3. The van der Waals surface area contributed by atoms with Gasteiger partial charge in [-0.2, -0.15) is 4.98 Å². The van der Waals surface area contributed by atoms with Crippen molar-refractivity contribution in [3.63, 3.8) is 0 Å². The van der Waals surface area contributed by atoms with E-state index in [0.29, 0.717) is 16.6 Å². The molecule has 0 saturated heterocycles. The van der Waals surface area contributed by atoms with Crippen LogP contribution in [0, 0.1) is 0 Å². The van der Waals surface area contributed by atoms with Gasteiger partial charge in [-0.3, -0.25) is 0 Å². The van der Waals surface area contributed by atoms with E-state index in [-0.39, 0.29) is 0 Å². The van der Waals surface area contributed by atoms with Crippen LogP contribution in [-0.4, -0.2) is 22.1 Å². The van der Waals surface area contributed by atoms with Crippen LogP contribution in [0.2, 0.25) is 0 Å². The highest BCUT2D eigenvalue weighted by molar-refractivity contribution is 7.99. The summed E-state index contributed by atoms with van der Waals surface area (Å²) in [5.41, 5.74) is 7.49. The van der Waals surface area contributed by atoms with Crippen LogP contribution in [-0.2, 0) is 0 Å². The van der Waals surface area contributed by atoms with Crippen molar-refractivity contribution in [1.29, 1.82) is 0 Å². The van der Waals surface area contributed by atoms with Crippen LogP contribution >= 0.6 is 11.8 Å². The Morgan fingerprint density at radius 3 is 2.89 bits per heavy atom. The molecule has 0 saturated carbocycles. The molecular formula is C13H12N4OS. The first-order valence-electron chi connectivity index (χ1n) is 5.68. The van der Waals surface area contributed by atoms with Crippen molar-refractivity contribution >= 4 is 28.4 Å². The Morgan fingerprint density at radius 2 is 2.11 bits per heavy atom. The predicted molar refractivity (Wildman–Crippen MR) is 75.4 cm³/mol. The lowest BCUT2D eigenvalue weighted by atomic mass is 10.3. The van der Waals surface area contributed by atoms with Gasteiger partial charge in [0.1, 0.15) is 17.0 Å². The summed E-state index contributed by atoms with van der Waals surface area (Å²) in [6.07, 6.45) is 1.44. The summed E-state index contributed by atoms with van der Waals surface area (Å²) in [5.74, 6) is 0.397. The van der Waals surface area contributed by atoms with Gasteiger partial charge in [-0.25, -0.2) is 4.98 Å². The number of nitrogens with two attached hydrogens (primary N) is 1. The summed E-state index contributed by atoms with van der Waals surface area (Å²) in [6, 6.07) is 10.2. The number of nitrogens with zero attached hydrogens (tertiary/aromatic N) is 2. The van der Waals surface area contributed by atoms with Crippen molar-refractivity contribution < 1.29 is 4.74 Å². The lowest BCUT2D eigenvalue weighted by molar-refractivity contribution is 0.397. The van der Waals surface area contributed by atoms with E-state index in [0.717, 1.165) is 15.9 Å². The van der Waals surface area contributed by atoms with Crippen molar-refractivity contribution in [2.24, 2.45) is 0 Å². The summed E-state index contributed by atoms with van der Waals surface area (Å²) in [7, 11) is 1.54. The molecule has 0 amide bonds. The zero-order chi connectivity index (χ0) is 13.2. The van der Waals surface area contributed by atoms with E-state index < -0.39 is 0 Å². The van der Waals surface area contributed by atoms with Gasteiger partial charge in [0.15, 0.2) is 0 Å². The number of para-hydroxylation sites is 1. The highest BCUT2D eigenvalue weighted by Gasteiger charge is 2.11. The van der Waals surface area contributed by atoms with E-state index in [9.17, 15) is 0 Å². The Kier molecular flexibility index (Phi) is 3.00. The maximum absolute atomic E-state index is 5.95. The third-order valence-corrected chi connectivity index (χ3v) is 3.67. The second-order valence-electron chi connectivity index (χ2n) is 3.92.